The van der Waals surface area contributed by atoms with Crippen molar-refractivity contribution in [1.29, 1.82) is 0 Å². The van der Waals surface area contributed by atoms with E-state index < -0.39 is 5.54 Å². The fourth-order valence-electron chi connectivity index (χ4n) is 6.98. The minimum absolute atomic E-state index is 0.00766. The van der Waals surface area contributed by atoms with Gasteiger partial charge in [-0.15, -0.1) is 0 Å². The van der Waals surface area contributed by atoms with Crippen molar-refractivity contribution >= 4 is 16.7 Å². The summed E-state index contributed by atoms with van der Waals surface area (Å²) in [4.78, 5) is 17.9. The summed E-state index contributed by atoms with van der Waals surface area (Å²) in [5.41, 5.74) is 5.38. The van der Waals surface area contributed by atoms with Gasteiger partial charge in [-0.2, -0.15) is 0 Å². The molecule has 46 heavy (non-hydrogen) atoms. The molecule has 2 atom stereocenters. The number of benzene rings is 5. The maximum atomic E-state index is 12.8. The first-order valence-corrected chi connectivity index (χ1v) is 16.2. The number of rotatable bonds is 10. The highest BCUT2D eigenvalue weighted by molar-refractivity contribution is 5.98. The van der Waals surface area contributed by atoms with Crippen LogP contribution in [0.4, 0.5) is 0 Å². The first kappa shape index (κ1) is 29.7. The molecule has 5 heteroatoms. The normalized spacial score (nSPS) is 14.8. The van der Waals surface area contributed by atoms with Gasteiger partial charge in [0.1, 0.15) is 5.54 Å². The van der Waals surface area contributed by atoms with Gasteiger partial charge in [0.2, 0.25) is 0 Å². The molecule has 0 bridgehead atoms. The minimum Gasteiger partial charge on any atom is -0.396 e. The molecule has 1 amide bonds. The standard InChI is InChI=1S/C41H39N3O2/c1-29(27-45)39(32-22-20-31-25-33(23-21-30(31)24-32)40(46)43-37-18-11-19-37)38-26-44(28-42-38)41(34-12-5-2-6-13-34,35-14-7-3-8-15-35)36-16-9-4-10-17-36/h2-10,12-17,20-26,28-29,37,39,45H,11,18-19,27H2,1H3,(H,43,46). The van der Waals surface area contributed by atoms with Gasteiger partial charge in [-0.3, -0.25) is 4.79 Å². The monoisotopic (exact) mass is 605 g/mol. The Balaban J connectivity index is 1.32. The molecule has 5 nitrogen and oxygen atoms in total. The average Bonchev–Trinajstić information content (AvgIpc) is 3.57. The molecule has 1 aliphatic rings. The van der Waals surface area contributed by atoms with E-state index in [1.165, 1.54) is 6.42 Å². The smallest absolute Gasteiger partial charge is 0.251 e. The molecule has 0 spiro atoms. The third-order valence-corrected chi connectivity index (χ3v) is 9.67. The van der Waals surface area contributed by atoms with Gasteiger partial charge in [-0.05, 0) is 70.3 Å². The van der Waals surface area contributed by atoms with Crippen LogP contribution in [0.15, 0.2) is 140 Å². The van der Waals surface area contributed by atoms with Crippen LogP contribution in [-0.2, 0) is 5.54 Å². The van der Waals surface area contributed by atoms with E-state index in [2.05, 4.69) is 114 Å². The molecule has 230 valence electrons. The molecule has 1 fully saturated rings. The second-order valence-corrected chi connectivity index (χ2v) is 12.6. The van der Waals surface area contributed by atoms with Crippen LogP contribution < -0.4 is 5.32 Å². The maximum absolute atomic E-state index is 12.8. The van der Waals surface area contributed by atoms with Gasteiger partial charge >= 0.3 is 0 Å². The number of nitrogens with zero attached hydrogens (tertiary/aromatic N) is 2. The number of aliphatic hydroxyl groups is 1. The molecule has 5 aromatic carbocycles. The molecular weight excluding hydrogens is 566 g/mol. The first-order valence-electron chi connectivity index (χ1n) is 16.2. The summed E-state index contributed by atoms with van der Waals surface area (Å²) in [5.74, 6) is -0.225. The van der Waals surface area contributed by atoms with E-state index in [1.807, 2.05) is 42.7 Å². The molecule has 0 saturated heterocycles. The minimum atomic E-state index is -0.665. The summed E-state index contributed by atoms with van der Waals surface area (Å²) in [6.45, 7) is 2.09. The lowest BCUT2D eigenvalue weighted by Crippen LogP contribution is -2.39. The van der Waals surface area contributed by atoms with E-state index in [0.29, 0.717) is 11.6 Å². The Morgan fingerprint density at radius 1 is 0.826 bits per heavy atom. The largest absolute Gasteiger partial charge is 0.396 e. The number of hydrogen-bond donors (Lipinski definition) is 2. The molecule has 1 saturated carbocycles. The van der Waals surface area contributed by atoms with Crippen molar-refractivity contribution < 1.29 is 9.90 Å². The van der Waals surface area contributed by atoms with Crippen LogP contribution in [0, 0.1) is 5.92 Å². The molecule has 1 aromatic heterocycles. The van der Waals surface area contributed by atoms with Gasteiger partial charge in [0.05, 0.1) is 12.0 Å². The molecule has 6 aromatic rings. The van der Waals surface area contributed by atoms with Crippen LogP contribution in [0.3, 0.4) is 0 Å². The van der Waals surface area contributed by atoms with Gasteiger partial charge in [0.25, 0.3) is 5.91 Å². The van der Waals surface area contributed by atoms with Crippen LogP contribution in [-0.4, -0.2) is 33.2 Å². The molecule has 2 unspecified atom stereocenters. The molecule has 1 aliphatic carbocycles. The zero-order valence-electron chi connectivity index (χ0n) is 26.1. The number of aliphatic hydroxyl groups excluding tert-OH is 1. The van der Waals surface area contributed by atoms with Crippen molar-refractivity contribution in [2.24, 2.45) is 5.92 Å². The lowest BCUT2D eigenvalue weighted by molar-refractivity contribution is 0.0917. The van der Waals surface area contributed by atoms with E-state index in [1.54, 1.807) is 0 Å². The Hall–Kier alpha value is -5.00. The molecular formula is C41H39N3O2. The van der Waals surface area contributed by atoms with Gasteiger partial charge in [0.15, 0.2) is 0 Å². The Morgan fingerprint density at radius 3 is 1.93 bits per heavy atom. The second kappa shape index (κ2) is 12.8. The topological polar surface area (TPSA) is 67.2 Å². The van der Waals surface area contributed by atoms with Gasteiger partial charge in [-0.25, -0.2) is 4.98 Å². The highest BCUT2D eigenvalue weighted by Gasteiger charge is 2.39. The highest BCUT2D eigenvalue weighted by atomic mass is 16.3. The van der Waals surface area contributed by atoms with Gasteiger partial charge in [-0.1, -0.05) is 122 Å². The summed E-state index contributed by atoms with van der Waals surface area (Å²) in [6, 6.07) is 44.3. The Bertz CT molecular complexity index is 1830. The maximum Gasteiger partial charge on any atom is 0.251 e. The van der Waals surface area contributed by atoms with Crippen molar-refractivity contribution in [1.82, 2.24) is 14.9 Å². The zero-order chi connectivity index (χ0) is 31.5. The number of fused-ring (bicyclic) bond motifs is 1. The first-order chi connectivity index (χ1) is 22.6. The fourth-order valence-corrected chi connectivity index (χ4v) is 6.98. The van der Waals surface area contributed by atoms with Crippen LogP contribution in [0.25, 0.3) is 10.8 Å². The average molecular weight is 606 g/mol. The van der Waals surface area contributed by atoms with Crippen LogP contribution in [0.1, 0.15) is 70.4 Å². The number of amides is 1. The zero-order valence-corrected chi connectivity index (χ0v) is 26.1. The van der Waals surface area contributed by atoms with E-state index in [-0.39, 0.29) is 24.3 Å². The summed E-state index contributed by atoms with van der Waals surface area (Å²) >= 11 is 0. The summed E-state index contributed by atoms with van der Waals surface area (Å²) in [6.07, 6.45) is 7.40. The van der Waals surface area contributed by atoms with Crippen molar-refractivity contribution in [2.75, 3.05) is 6.61 Å². The summed E-state index contributed by atoms with van der Waals surface area (Å²) in [5, 5.41) is 15.7. The lowest BCUT2D eigenvalue weighted by Gasteiger charge is -2.37. The van der Waals surface area contributed by atoms with E-state index in [0.717, 1.165) is 51.6 Å². The van der Waals surface area contributed by atoms with E-state index >= 15 is 0 Å². The van der Waals surface area contributed by atoms with Crippen LogP contribution in [0.5, 0.6) is 0 Å². The SMILES string of the molecule is CC(CO)C(c1ccc2cc(C(=O)NC3CCC3)ccc2c1)c1cn(C(c2ccccc2)(c2ccccc2)c2ccccc2)cn1. The lowest BCUT2D eigenvalue weighted by atomic mass is 9.76. The Labute approximate surface area is 270 Å². The van der Waals surface area contributed by atoms with Crippen LogP contribution >= 0.6 is 0 Å². The molecule has 0 radical (unpaired) electrons. The number of hydrogen-bond acceptors (Lipinski definition) is 3. The van der Waals surface area contributed by atoms with Crippen molar-refractivity contribution in [2.45, 2.75) is 43.7 Å². The number of carbonyl (C=O) groups excluding carboxylic acids is 1. The van der Waals surface area contributed by atoms with Crippen molar-refractivity contribution in [3.63, 3.8) is 0 Å². The Kier molecular flexibility index (Phi) is 8.25. The summed E-state index contributed by atoms with van der Waals surface area (Å²) in [7, 11) is 0. The van der Waals surface area contributed by atoms with Crippen molar-refractivity contribution in [3.05, 3.63) is 173 Å². The second-order valence-electron chi connectivity index (χ2n) is 12.6. The number of carbonyl (C=O) groups is 1. The van der Waals surface area contributed by atoms with Crippen LogP contribution in [0.2, 0.25) is 0 Å². The predicted octanol–water partition coefficient (Wildman–Crippen LogP) is 7.92. The molecule has 0 aliphatic heterocycles. The van der Waals surface area contributed by atoms with Gasteiger partial charge < -0.3 is 15.0 Å². The molecule has 2 N–H and O–H groups in total. The molecule has 7 rings (SSSR count). The fraction of sp³-hybridized carbons (Fsp3) is 0.220. The highest BCUT2D eigenvalue weighted by Crippen LogP contribution is 2.42. The number of imidazole rings is 1. The number of nitrogens with one attached hydrogen (secondary N) is 1. The van der Waals surface area contributed by atoms with E-state index in [9.17, 15) is 9.90 Å². The quantitative estimate of drug-likeness (QED) is 0.156. The predicted molar refractivity (Wildman–Crippen MR) is 184 cm³/mol. The van der Waals surface area contributed by atoms with E-state index in [4.69, 9.17) is 4.98 Å². The van der Waals surface area contributed by atoms with Crippen molar-refractivity contribution in [3.8, 4) is 0 Å². The summed E-state index contributed by atoms with van der Waals surface area (Å²) < 4.78 is 2.23. The third-order valence-electron chi connectivity index (χ3n) is 9.67. The molecule has 1 heterocycles. The Morgan fingerprint density at radius 2 is 1.39 bits per heavy atom. The number of aromatic nitrogens is 2. The van der Waals surface area contributed by atoms with Gasteiger partial charge in [0, 0.05) is 30.3 Å². The third kappa shape index (κ3) is 5.41.